The van der Waals surface area contributed by atoms with Crippen molar-refractivity contribution in [3.63, 3.8) is 0 Å². The van der Waals surface area contributed by atoms with Crippen molar-refractivity contribution < 1.29 is 4.39 Å². The average Bonchev–Trinajstić information content (AvgIpc) is 2.74. The maximum Gasteiger partial charge on any atom is 0.262 e. The first kappa shape index (κ1) is 18.4. The molecule has 1 aromatic heterocycles. The molecule has 0 fully saturated rings. The third-order valence-corrected chi connectivity index (χ3v) is 5.62. The molecular formula is C23H19FN2OS. The highest BCUT2D eigenvalue weighted by atomic mass is 32.2. The molecule has 1 heterocycles. The molecule has 5 heteroatoms. The monoisotopic (exact) mass is 390 g/mol. The first-order chi connectivity index (χ1) is 13.7. The highest BCUT2D eigenvalue weighted by molar-refractivity contribution is 7.98. The maximum atomic E-state index is 13.1. The van der Waals surface area contributed by atoms with Crippen LogP contribution in [0.1, 0.15) is 11.1 Å². The van der Waals surface area contributed by atoms with Crippen LogP contribution < -0.4 is 5.56 Å². The van der Waals surface area contributed by atoms with E-state index in [0.29, 0.717) is 28.4 Å². The summed E-state index contributed by atoms with van der Waals surface area (Å²) >= 11 is 1.50. The Bertz CT molecular complexity index is 1140. The highest BCUT2D eigenvalue weighted by Gasteiger charge is 2.12. The van der Waals surface area contributed by atoms with E-state index < -0.39 is 0 Å². The van der Waals surface area contributed by atoms with Crippen molar-refractivity contribution in [2.24, 2.45) is 0 Å². The summed E-state index contributed by atoms with van der Waals surface area (Å²) in [5, 5.41) is 1.31. The number of rotatable bonds is 6. The van der Waals surface area contributed by atoms with Crippen molar-refractivity contribution in [3.8, 4) is 0 Å². The second kappa shape index (κ2) is 8.40. The molecule has 0 aliphatic carbocycles. The minimum atomic E-state index is -0.252. The minimum Gasteiger partial charge on any atom is -0.287 e. The van der Waals surface area contributed by atoms with Crippen LogP contribution in [0, 0.1) is 5.82 Å². The van der Waals surface area contributed by atoms with Crippen molar-refractivity contribution in [2.45, 2.75) is 23.9 Å². The van der Waals surface area contributed by atoms with Gasteiger partial charge < -0.3 is 0 Å². The molecule has 0 aliphatic heterocycles. The van der Waals surface area contributed by atoms with Crippen LogP contribution in [-0.2, 0) is 18.7 Å². The van der Waals surface area contributed by atoms with Crippen LogP contribution in [0.5, 0.6) is 0 Å². The first-order valence-electron chi connectivity index (χ1n) is 9.11. The number of benzene rings is 3. The van der Waals surface area contributed by atoms with Crippen LogP contribution in [0.25, 0.3) is 10.9 Å². The van der Waals surface area contributed by atoms with Gasteiger partial charge in [0.1, 0.15) is 5.82 Å². The fraction of sp³-hybridized carbons (Fsp3) is 0.130. The topological polar surface area (TPSA) is 34.9 Å². The molecule has 0 atom stereocenters. The Balaban J connectivity index is 1.66. The van der Waals surface area contributed by atoms with Gasteiger partial charge in [-0.25, -0.2) is 9.37 Å². The van der Waals surface area contributed by atoms with Gasteiger partial charge in [0.2, 0.25) is 0 Å². The van der Waals surface area contributed by atoms with Crippen LogP contribution in [0.3, 0.4) is 0 Å². The third kappa shape index (κ3) is 4.15. The number of fused-ring (bicyclic) bond motifs is 1. The molecular weight excluding hydrogens is 371 g/mol. The van der Waals surface area contributed by atoms with E-state index >= 15 is 0 Å². The molecule has 3 aromatic carbocycles. The Morgan fingerprint density at radius 1 is 0.857 bits per heavy atom. The summed E-state index contributed by atoms with van der Waals surface area (Å²) in [7, 11) is 0. The fourth-order valence-electron chi connectivity index (χ4n) is 3.07. The summed E-state index contributed by atoms with van der Waals surface area (Å²) < 4.78 is 14.9. The van der Waals surface area contributed by atoms with Gasteiger partial charge in [0, 0.05) is 12.3 Å². The number of hydrogen-bond donors (Lipinski definition) is 0. The zero-order valence-electron chi connectivity index (χ0n) is 15.2. The fourth-order valence-corrected chi connectivity index (χ4v) is 4.05. The van der Waals surface area contributed by atoms with Gasteiger partial charge in [0.15, 0.2) is 5.16 Å². The largest absolute Gasteiger partial charge is 0.287 e. The van der Waals surface area contributed by atoms with Crippen LogP contribution in [0.2, 0.25) is 0 Å². The Morgan fingerprint density at radius 2 is 1.57 bits per heavy atom. The lowest BCUT2D eigenvalue weighted by atomic mass is 10.1. The molecule has 3 nitrogen and oxygen atoms in total. The summed E-state index contributed by atoms with van der Waals surface area (Å²) in [5.74, 6) is 0.369. The van der Waals surface area contributed by atoms with Crippen molar-refractivity contribution in [3.05, 3.63) is 106 Å². The lowest BCUT2D eigenvalue weighted by molar-refractivity contribution is 0.595. The standard InChI is InChI=1S/C23H19FN2OS/c24-19-12-10-18(11-13-19)16-28-23-25-21-9-5-4-8-20(21)22(27)26(23)15-14-17-6-2-1-3-7-17/h1-13H,14-16H2. The first-order valence-corrected chi connectivity index (χ1v) is 10.1. The summed E-state index contributed by atoms with van der Waals surface area (Å²) in [6.07, 6.45) is 0.755. The van der Waals surface area contributed by atoms with Crippen molar-refractivity contribution >= 4 is 22.7 Å². The van der Waals surface area contributed by atoms with E-state index in [0.717, 1.165) is 12.0 Å². The normalized spacial score (nSPS) is 11.0. The maximum absolute atomic E-state index is 13.1. The highest BCUT2D eigenvalue weighted by Crippen LogP contribution is 2.22. The van der Waals surface area contributed by atoms with Crippen molar-refractivity contribution in [2.75, 3.05) is 0 Å². The zero-order valence-corrected chi connectivity index (χ0v) is 16.0. The van der Waals surface area contributed by atoms with E-state index in [-0.39, 0.29) is 11.4 Å². The van der Waals surface area contributed by atoms with Gasteiger partial charge in [0.05, 0.1) is 10.9 Å². The van der Waals surface area contributed by atoms with Crippen LogP contribution >= 0.6 is 11.8 Å². The zero-order chi connectivity index (χ0) is 19.3. The summed E-state index contributed by atoms with van der Waals surface area (Å²) in [5.41, 5.74) is 2.84. The molecule has 0 spiro atoms. The van der Waals surface area contributed by atoms with E-state index in [2.05, 4.69) is 12.1 Å². The van der Waals surface area contributed by atoms with Crippen molar-refractivity contribution in [1.82, 2.24) is 9.55 Å². The van der Waals surface area contributed by atoms with E-state index in [1.165, 1.54) is 29.5 Å². The number of aryl methyl sites for hydroxylation is 1. The molecule has 0 bridgehead atoms. The lowest BCUT2D eigenvalue weighted by Crippen LogP contribution is -2.24. The molecule has 0 saturated heterocycles. The minimum absolute atomic E-state index is 0.0249. The lowest BCUT2D eigenvalue weighted by Gasteiger charge is -2.13. The number of thioether (sulfide) groups is 1. The molecule has 28 heavy (non-hydrogen) atoms. The predicted molar refractivity (Wildman–Crippen MR) is 112 cm³/mol. The predicted octanol–water partition coefficient (Wildman–Crippen LogP) is 5.07. The van der Waals surface area contributed by atoms with Crippen LogP contribution in [0.4, 0.5) is 4.39 Å². The summed E-state index contributed by atoms with van der Waals surface area (Å²) in [6.45, 7) is 0.562. The quantitative estimate of drug-likeness (QED) is 0.341. The van der Waals surface area contributed by atoms with E-state index in [9.17, 15) is 9.18 Å². The smallest absolute Gasteiger partial charge is 0.262 e. The molecule has 0 N–H and O–H groups in total. The Kier molecular flexibility index (Phi) is 5.53. The number of hydrogen-bond acceptors (Lipinski definition) is 3. The molecule has 4 rings (SSSR count). The van der Waals surface area contributed by atoms with Gasteiger partial charge in [-0.2, -0.15) is 0 Å². The van der Waals surface area contributed by atoms with Crippen LogP contribution in [-0.4, -0.2) is 9.55 Å². The number of para-hydroxylation sites is 1. The van der Waals surface area contributed by atoms with E-state index in [1.807, 2.05) is 42.5 Å². The van der Waals surface area contributed by atoms with E-state index in [4.69, 9.17) is 4.98 Å². The Hall–Kier alpha value is -2.92. The molecule has 0 aliphatic rings. The SMILES string of the molecule is O=c1c2ccccc2nc(SCc2ccc(F)cc2)n1CCc1ccccc1. The summed E-state index contributed by atoms with van der Waals surface area (Å²) in [6, 6.07) is 24.0. The number of aromatic nitrogens is 2. The van der Waals surface area contributed by atoms with Gasteiger partial charge in [-0.15, -0.1) is 0 Å². The average molecular weight is 390 g/mol. The Labute approximate surface area is 166 Å². The third-order valence-electron chi connectivity index (χ3n) is 4.57. The molecule has 0 unspecified atom stereocenters. The summed E-state index contributed by atoms with van der Waals surface area (Å²) in [4.78, 5) is 17.8. The van der Waals surface area contributed by atoms with Crippen LogP contribution in [0.15, 0.2) is 88.8 Å². The molecule has 0 saturated carbocycles. The van der Waals surface area contributed by atoms with E-state index in [1.54, 1.807) is 16.7 Å². The van der Waals surface area contributed by atoms with Gasteiger partial charge in [-0.3, -0.25) is 9.36 Å². The number of nitrogens with zero attached hydrogens (tertiary/aromatic N) is 2. The molecule has 0 radical (unpaired) electrons. The Morgan fingerprint density at radius 3 is 2.36 bits per heavy atom. The van der Waals surface area contributed by atoms with Gasteiger partial charge >= 0.3 is 0 Å². The van der Waals surface area contributed by atoms with Gasteiger partial charge in [0.25, 0.3) is 5.56 Å². The van der Waals surface area contributed by atoms with Gasteiger partial charge in [-0.1, -0.05) is 66.4 Å². The van der Waals surface area contributed by atoms with Crippen molar-refractivity contribution in [1.29, 1.82) is 0 Å². The second-order valence-corrected chi connectivity index (χ2v) is 7.46. The number of halogens is 1. The second-order valence-electron chi connectivity index (χ2n) is 6.52. The molecule has 0 amide bonds. The molecule has 4 aromatic rings. The molecule has 140 valence electrons. The van der Waals surface area contributed by atoms with Gasteiger partial charge in [-0.05, 0) is 41.8 Å².